The van der Waals surface area contributed by atoms with Crippen LogP contribution in [-0.4, -0.2) is 38.0 Å². The summed E-state index contributed by atoms with van der Waals surface area (Å²) >= 11 is 0. The van der Waals surface area contributed by atoms with Crippen LogP contribution in [0.2, 0.25) is 0 Å². The van der Waals surface area contributed by atoms with Crippen LogP contribution in [0.25, 0.3) is 0 Å². The van der Waals surface area contributed by atoms with Crippen LogP contribution in [0.4, 0.5) is 0 Å². The summed E-state index contributed by atoms with van der Waals surface area (Å²) in [6.07, 6.45) is 0.526. The minimum Gasteiger partial charge on any atom is -0.396 e. The zero-order chi connectivity index (χ0) is 16.0. The molecule has 0 amide bonds. The molecule has 0 aromatic heterocycles. The van der Waals surface area contributed by atoms with E-state index in [1.54, 1.807) is 37.4 Å². The van der Waals surface area contributed by atoms with E-state index in [0.29, 0.717) is 13.0 Å². The van der Waals surface area contributed by atoms with Gasteiger partial charge in [-0.3, -0.25) is 0 Å². The average molecular weight is 319 g/mol. The molecule has 0 heterocycles. The summed E-state index contributed by atoms with van der Waals surface area (Å²) in [6, 6.07) is 18.1. The fourth-order valence-electron chi connectivity index (χ4n) is 2.43. The lowest BCUT2D eigenvalue weighted by molar-refractivity contribution is 0.267. The third-order valence-corrected chi connectivity index (χ3v) is 5.52. The molecule has 1 N–H and O–H groups in total. The van der Waals surface area contributed by atoms with E-state index < -0.39 is 10.0 Å². The molecule has 22 heavy (non-hydrogen) atoms. The summed E-state index contributed by atoms with van der Waals surface area (Å²) < 4.78 is 26.5. The fraction of sp³-hybridized carbons (Fsp3) is 0.294. The lowest BCUT2D eigenvalue weighted by atomic mass is 9.96. The second-order valence-electron chi connectivity index (χ2n) is 5.22. The molecule has 0 aliphatic carbocycles. The van der Waals surface area contributed by atoms with Gasteiger partial charge in [0.1, 0.15) is 0 Å². The highest BCUT2D eigenvalue weighted by molar-refractivity contribution is 7.89. The van der Waals surface area contributed by atoms with Gasteiger partial charge in [-0.25, -0.2) is 12.7 Å². The Bertz CT molecular complexity index is 672. The molecule has 0 radical (unpaired) electrons. The first-order valence-corrected chi connectivity index (χ1v) is 8.67. The van der Waals surface area contributed by atoms with E-state index >= 15 is 0 Å². The summed E-state index contributed by atoms with van der Waals surface area (Å²) in [6.45, 7) is 0.362. The topological polar surface area (TPSA) is 57.6 Å². The SMILES string of the molecule is CN(C[C@H](CCO)c1ccccc1)S(=O)(=O)c1ccccc1. The molecule has 0 unspecified atom stereocenters. The van der Waals surface area contributed by atoms with Crippen molar-refractivity contribution in [1.82, 2.24) is 4.31 Å². The van der Waals surface area contributed by atoms with Gasteiger partial charge in [0.2, 0.25) is 10.0 Å². The maximum absolute atomic E-state index is 12.6. The minimum atomic E-state index is -3.51. The molecule has 4 nitrogen and oxygen atoms in total. The molecule has 0 saturated carbocycles. The van der Waals surface area contributed by atoms with E-state index in [2.05, 4.69) is 0 Å². The summed E-state index contributed by atoms with van der Waals surface area (Å²) in [7, 11) is -1.93. The Morgan fingerprint density at radius 3 is 2.09 bits per heavy atom. The number of likely N-dealkylation sites (N-methyl/N-ethyl adjacent to an activating group) is 1. The smallest absolute Gasteiger partial charge is 0.242 e. The Labute approximate surface area is 132 Å². The number of nitrogens with zero attached hydrogens (tertiary/aromatic N) is 1. The maximum atomic E-state index is 12.6. The summed E-state index contributed by atoms with van der Waals surface area (Å²) in [4.78, 5) is 0.285. The zero-order valence-electron chi connectivity index (χ0n) is 12.6. The summed E-state index contributed by atoms with van der Waals surface area (Å²) in [5.74, 6) is -0.0327. The molecule has 0 fully saturated rings. The molecular weight excluding hydrogens is 298 g/mol. The molecule has 2 rings (SSSR count). The van der Waals surface area contributed by atoms with Crippen molar-refractivity contribution in [1.29, 1.82) is 0 Å². The third-order valence-electron chi connectivity index (χ3n) is 3.68. The van der Waals surface area contributed by atoms with Gasteiger partial charge in [-0.15, -0.1) is 0 Å². The van der Waals surface area contributed by atoms with Gasteiger partial charge < -0.3 is 5.11 Å². The van der Waals surface area contributed by atoms with Crippen LogP contribution >= 0.6 is 0 Å². The summed E-state index contributed by atoms with van der Waals surface area (Å²) in [5, 5.41) is 9.26. The van der Waals surface area contributed by atoms with Crippen LogP contribution < -0.4 is 0 Å². The van der Waals surface area contributed by atoms with Crippen molar-refractivity contribution in [3.8, 4) is 0 Å². The van der Waals surface area contributed by atoms with Gasteiger partial charge in [0.15, 0.2) is 0 Å². The molecule has 0 saturated heterocycles. The first-order valence-electron chi connectivity index (χ1n) is 7.23. The van der Waals surface area contributed by atoms with Gasteiger partial charge in [-0.2, -0.15) is 0 Å². The number of hydrogen-bond donors (Lipinski definition) is 1. The molecule has 5 heteroatoms. The Kier molecular flexibility index (Phi) is 5.71. The predicted octanol–water partition coefficient (Wildman–Crippen LogP) is 2.47. The molecule has 1 atom stereocenters. The Morgan fingerprint density at radius 2 is 1.55 bits per heavy atom. The largest absolute Gasteiger partial charge is 0.396 e. The van der Waals surface area contributed by atoms with Gasteiger partial charge in [-0.1, -0.05) is 48.5 Å². The molecule has 0 bridgehead atoms. The van der Waals surface area contributed by atoms with Gasteiger partial charge in [0.25, 0.3) is 0 Å². The third kappa shape index (κ3) is 3.94. The number of benzene rings is 2. The standard InChI is InChI=1S/C17H21NO3S/c1-18(22(20,21)17-10-6-3-7-11-17)14-16(12-13-19)15-8-4-2-5-9-15/h2-11,16,19H,12-14H2,1H3/t16-/m0/s1. The number of hydrogen-bond acceptors (Lipinski definition) is 3. The maximum Gasteiger partial charge on any atom is 0.242 e. The van der Waals surface area contributed by atoms with Gasteiger partial charge in [0.05, 0.1) is 4.90 Å². The molecule has 2 aromatic rings. The molecule has 0 aliphatic heterocycles. The zero-order valence-corrected chi connectivity index (χ0v) is 13.4. The van der Waals surface area contributed by atoms with Crippen LogP contribution in [0.5, 0.6) is 0 Å². The Balaban J connectivity index is 2.20. The summed E-state index contributed by atoms with van der Waals surface area (Å²) in [5.41, 5.74) is 1.03. The first-order chi connectivity index (χ1) is 10.6. The highest BCUT2D eigenvalue weighted by Gasteiger charge is 2.24. The van der Waals surface area contributed by atoms with Gasteiger partial charge >= 0.3 is 0 Å². The highest BCUT2D eigenvalue weighted by atomic mass is 32.2. The van der Waals surface area contributed by atoms with E-state index in [4.69, 9.17) is 0 Å². The van der Waals surface area contributed by atoms with E-state index in [1.807, 2.05) is 30.3 Å². The van der Waals surface area contributed by atoms with Gasteiger partial charge in [0, 0.05) is 20.2 Å². The lowest BCUT2D eigenvalue weighted by Crippen LogP contribution is -2.31. The Morgan fingerprint density at radius 1 is 1.00 bits per heavy atom. The van der Waals surface area contributed by atoms with Crippen molar-refractivity contribution < 1.29 is 13.5 Å². The van der Waals surface area contributed by atoms with Crippen LogP contribution in [-0.2, 0) is 10.0 Å². The molecule has 118 valence electrons. The monoisotopic (exact) mass is 319 g/mol. The average Bonchev–Trinajstić information content (AvgIpc) is 2.56. The van der Waals surface area contributed by atoms with Crippen LogP contribution in [0.15, 0.2) is 65.6 Å². The first kappa shape index (κ1) is 16.7. The quantitative estimate of drug-likeness (QED) is 0.853. The van der Waals surface area contributed by atoms with Crippen molar-refractivity contribution in [2.45, 2.75) is 17.2 Å². The molecule has 2 aromatic carbocycles. The normalized spacial score (nSPS) is 13.2. The minimum absolute atomic E-state index is 0.0266. The predicted molar refractivity (Wildman–Crippen MR) is 87.1 cm³/mol. The second kappa shape index (κ2) is 7.54. The van der Waals surface area contributed by atoms with E-state index in [1.165, 1.54) is 4.31 Å². The van der Waals surface area contributed by atoms with Gasteiger partial charge in [-0.05, 0) is 30.0 Å². The molecular formula is C17H21NO3S. The number of sulfonamides is 1. The van der Waals surface area contributed by atoms with Crippen LogP contribution in [0.3, 0.4) is 0 Å². The second-order valence-corrected chi connectivity index (χ2v) is 7.26. The van der Waals surface area contributed by atoms with Crippen molar-refractivity contribution >= 4 is 10.0 Å². The van der Waals surface area contributed by atoms with Crippen molar-refractivity contribution in [3.63, 3.8) is 0 Å². The lowest BCUT2D eigenvalue weighted by Gasteiger charge is -2.24. The van der Waals surface area contributed by atoms with Crippen molar-refractivity contribution in [3.05, 3.63) is 66.2 Å². The molecule has 0 aliphatic rings. The van der Waals surface area contributed by atoms with E-state index in [0.717, 1.165) is 5.56 Å². The highest BCUT2D eigenvalue weighted by Crippen LogP contribution is 2.23. The molecule has 0 spiro atoms. The fourth-order valence-corrected chi connectivity index (χ4v) is 3.66. The van der Waals surface area contributed by atoms with Crippen LogP contribution in [0, 0.1) is 0 Å². The van der Waals surface area contributed by atoms with Crippen LogP contribution in [0.1, 0.15) is 17.9 Å². The number of rotatable bonds is 7. The number of aliphatic hydroxyl groups excluding tert-OH is 1. The van der Waals surface area contributed by atoms with E-state index in [-0.39, 0.29) is 17.4 Å². The van der Waals surface area contributed by atoms with Crippen molar-refractivity contribution in [2.75, 3.05) is 20.2 Å². The van der Waals surface area contributed by atoms with Crippen molar-refractivity contribution in [2.24, 2.45) is 0 Å². The Hall–Kier alpha value is -1.69. The number of aliphatic hydroxyl groups is 1. The van der Waals surface area contributed by atoms with E-state index in [9.17, 15) is 13.5 Å².